The molecule has 1 aromatic carbocycles. The number of nitrogens with one attached hydrogen (secondary N) is 1. The number of carbonyl (C=O) groups is 1. The van der Waals surface area contributed by atoms with Crippen LogP contribution in [0.25, 0.3) is 0 Å². The quantitative estimate of drug-likeness (QED) is 0.793. The van der Waals surface area contributed by atoms with Crippen LogP contribution in [0.15, 0.2) is 30.4 Å². The summed E-state index contributed by atoms with van der Waals surface area (Å²) in [5.41, 5.74) is 4.50. The number of amides is 1. The van der Waals surface area contributed by atoms with Gasteiger partial charge in [-0.15, -0.1) is 0 Å². The first-order valence-corrected chi connectivity index (χ1v) is 6.21. The second-order valence-corrected chi connectivity index (χ2v) is 4.83. The molecule has 0 aliphatic heterocycles. The molecule has 0 saturated carbocycles. The Labute approximate surface area is 103 Å². The van der Waals surface area contributed by atoms with Gasteiger partial charge in [0.05, 0.1) is 0 Å². The lowest BCUT2D eigenvalue weighted by Gasteiger charge is -2.16. The topological polar surface area (TPSA) is 29.1 Å². The fourth-order valence-electron chi connectivity index (χ4n) is 2.21. The first-order valence-electron chi connectivity index (χ1n) is 6.21. The summed E-state index contributed by atoms with van der Waals surface area (Å²) in [6.45, 7) is 6.24. The molecule has 0 atom stereocenters. The third kappa shape index (κ3) is 2.96. The van der Waals surface area contributed by atoms with Gasteiger partial charge < -0.3 is 5.32 Å². The van der Waals surface area contributed by atoms with Crippen molar-refractivity contribution in [2.45, 2.75) is 32.6 Å². The molecule has 1 amide bonds. The van der Waals surface area contributed by atoms with E-state index in [-0.39, 0.29) is 5.91 Å². The SMILES string of the molecule is C=C(C)CNC(=O)c1ccc2c(c1)CCCC2. The molecule has 17 heavy (non-hydrogen) atoms. The summed E-state index contributed by atoms with van der Waals surface area (Å²) in [6, 6.07) is 6.07. The molecule has 0 saturated heterocycles. The molecule has 2 heteroatoms. The normalized spacial score (nSPS) is 13.9. The predicted octanol–water partition coefficient (Wildman–Crippen LogP) is 2.87. The maximum atomic E-state index is 11.9. The van der Waals surface area contributed by atoms with Crippen molar-refractivity contribution in [3.05, 3.63) is 47.0 Å². The van der Waals surface area contributed by atoms with Crippen molar-refractivity contribution in [1.29, 1.82) is 0 Å². The Kier molecular flexibility index (Phi) is 3.62. The molecule has 0 aromatic heterocycles. The average Bonchev–Trinajstić information content (AvgIpc) is 2.35. The van der Waals surface area contributed by atoms with E-state index in [0.29, 0.717) is 6.54 Å². The van der Waals surface area contributed by atoms with Crippen LogP contribution in [-0.2, 0) is 12.8 Å². The Balaban J connectivity index is 2.11. The average molecular weight is 229 g/mol. The van der Waals surface area contributed by atoms with Crippen molar-refractivity contribution < 1.29 is 4.79 Å². The Hall–Kier alpha value is -1.57. The van der Waals surface area contributed by atoms with Crippen LogP contribution in [0, 0.1) is 0 Å². The fraction of sp³-hybridized carbons (Fsp3) is 0.400. The minimum absolute atomic E-state index is 0.00127. The smallest absolute Gasteiger partial charge is 0.251 e. The maximum absolute atomic E-state index is 11.9. The highest BCUT2D eigenvalue weighted by Gasteiger charge is 2.12. The highest BCUT2D eigenvalue weighted by molar-refractivity contribution is 5.94. The highest BCUT2D eigenvalue weighted by atomic mass is 16.1. The fourth-order valence-corrected chi connectivity index (χ4v) is 2.21. The van der Waals surface area contributed by atoms with Gasteiger partial charge in [0, 0.05) is 12.1 Å². The number of hydrogen-bond acceptors (Lipinski definition) is 1. The standard InChI is InChI=1S/C15H19NO/c1-11(2)10-16-15(17)14-8-7-12-5-3-4-6-13(12)9-14/h7-9H,1,3-6,10H2,2H3,(H,16,17). The Morgan fingerprint density at radius 3 is 2.71 bits per heavy atom. The molecule has 2 nitrogen and oxygen atoms in total. The molecule has 90 valence electrons. The molecule has 2 rings (SSSR count). The molecular weight excluding hydrogens is 210 g/mol. The van der Waals surface area contributed by atoms with Gasteiger partial charge in [0.15, 0.2) is 0 Å². The largest absolute Gasteiger partial charge is 0.348 e. The van der Waals surface area contributed by atoms with E-state index < -0.39 is 0 Å². The Bertz CT molecular complexity index is 448. The summed E-state index contributed by atoms with van der Waals surface area (Å²) in [7, 11) is 0. The van der Waals surface area contributed by atoms with Crippen molar-refractivity contribution in [2.24, 2.45) is 0 Å². The van der Waals surface area contributed by atoms with Gasteiger partial charge in [-0.2, -0.15) is 0 Å². The summed E-state index contributed by atoms with van der Waals surface area (Å²) in [4.78, 5) is 11.9. The molecule has 1 N–H and O–H groups in total. The summed E-state index contributed by atoms with van der Waals surface area (Å²) < 4.78 is 0. The third-order valence-electron chi connectivity index (χ3n) is 3.16. The van der Waals surface area contributed by atoms with Crippen LogP contribution < -0.4 is 5.32 Å². The summed E-state index contributed by atoms with van der Waals surface area (Å²) in [5, 5.41) is 2.87. The summed E-state index contributed by atoms with van der Waals surface area (Å²) in [5.74, 6) is 0.00127. The zero-order chi connectivity index (χ0) is 12.3. The van der Waals surface area contributed by atoms with Crippen LogP contribution in [0.4, 0.5) is 0 Å². The van der Waals surface area contributed by atoms with Crippen LogP contribution in [-0.4, -0.2) is 12.5 Å². The lowest BCUT2D eigenvalue weighted by molar-refractivity contribution is 0.0957. The van der Waals surface area contributed by atoms with Crippen LogP contribution in [0.1, 0.15) is 41.3 Å². The number of fused-ring (bicyclic) bond motifs is 1. The van der Waals surface area contributed by atoms with E-state index in [0.717, 1.165) is 24.0 Å². The van der Waals surface area contributed by atoms with Gasteiger partial charge in [-0.25, -0.2) is 0 Å². The first kappa shape index (κ1) is 11.9. The number of carbonyl (C=O) groups excluding carboxylic acids is 1. The number of aryl methyl sites for hydroxylation is 2. The lowest BCUT2D eigenvalue weighted by Crippen LogP contribution is -2.25. The number of benzene rings is 1. The van der Waals surface area contributed by atoms with E-state index in [4.69, 9.17) is 0 Å². The van der Waals surface area contributed by atoms with E-state index in [1.807, 2.05) is 19.1 Å². The van der Waals surface area contributed by atoms with E-state index >= 15 is 0 Å². The lowest BCUT2D eigenvalue weighted by atomic mass is 9.90. The molecule has 0 radical (unpaired) electrons. The molecule has 0 fully saturated rings. The van der Waals surface area contributed by atoms with Crippen LogP contribution >= 0.6 is 0 Å². The molecule has 0 unspecified atom stereocenters. The molecule has 0 spiro atoms. The molecule has 1 aliphatic carbocycles. The van der Waals surface area contributed by atoms with Gasteiger partial charge in [0.25, 0.3) is 5.91 Å². The Morgan fingerprint density at radius 1 is 1.29 bits per heavy atom. The highest BCUT2D eigenvalue weighted by Crippen LogP contribution is 2.22. The van der Waals surface area contributed by atoms with Crippen molar-refractivity contribution in [2.75, 3.05) is 6.54 Å². The zero-order valence-electron chi connectivity index (χ0n) is 10.4. The summed E-state index contributed by atoms with van der Waals surface area (Å²) in [6.07, 6.45) is 4.78. The van der Waals surface area contributed by atoms with E-state index in [1.54, 1.807) is 0 Å². The van der Waals surface area contributed by atoms with Gasteiger partial charge >= 0.3 is 0 Å². The molecule has 0 heterocycles. The summed E-state index contributed by atoms with van der Waals surface area (Å²) >= 11 is 0. The minimum atomic E-state index is 0.00127. The van der Waals surface area contributed by atoms with E-state index in [1.165, 1.54) is 24.0 Å². The molecule has 1 aromatic rings. The number of hydrogen-bond donors (Lipinski definition) is 1. The van der Waals surface area contributed by atoms with Crippen molar-refractivity contribution in [1.82, 2.24) is 5.32 Å². The van der Waals surface area contributed by atoms with Gasteiger partial charge in [-0.05, 0) is 55.9 Å². The number of rotatable bonds is 3. The monoisotopic (exact) mass is 229 g/mol. The van der Waals surface area contributed by atoms with Crippen LogP contribution in [0.2, 0.25) is 0 Å². The molecule has 1 aliphatic rings. The third-order valence-corrected chi connectivity index (χ3v) is 3.16. The molecular formula is C15H19NO. The van der Waals surface area contributed by atoms with Gasteiger partial charge in [0.2, 0.25) is 0 Å². The van der Waals surface area contributed by atoms with Gasteiger partial charge in [-0.3, -0.25) is 4.79 Å². The van der Waals surface area contributed by atoms with E-state index in [9.17, 15) is 4.79 Å². The second kappa shape index (κ2) is 5.17. The van der Waals surface area contributed by atoms with Crippen LogP contribution in [0.5, 0.6) is 0 Å². The second-order valence-electron chi connectivity index (χ2n) is 4.83. The van der Waals surface area contributed by atoms with Gasteiger partial charge in [-0.1, -0.05) is 18.2 Å². The Morgan fingerprint density at radius 2 is 2.00 bits per heavy atom. The van der Waals surface area contributed by atoms with Crippen molar-refractivity contribution >= 4 is 5.91 Å². The van der Waals surface area contributed by atoms with Gasteiger partial charge in [0.1, 0.15) is 0 Å². The van der Waals surface area contributed by atoms with Crippen molar-refractivity contribution in [3.63, 3.8) is 0 Å². The van der Waals surface area contributed by atoms with Crippen LogP contribution in [0.3, 0.4) is 0 Å². The zero-order valence-corrected chi connectivity index (χ0v) is 10.4. The maximum Gasteiger partial charge on any atom is 0.251 e. The minimum Gasteiger partial charge on any atom is -0.348 e. The van der Waals surface area contributed by atoms with E-state index in [2.05, 4.69) is 18.0 Å². The van der Waals surface area contributed by atoms with Crippen molar-refractivity contribution in [3.8, 4) is 0 Å². The first-order chi connectivity index (χ1) is 8.16. The predicted molar refractivity (Wildman–Crippen MR) is 70.2 cm³/mol. The molecule has 0 bridgehead atoms.